The summed E-state index contributed by atoms with van der Waals surface area (Å²) in [6.07, 6.45) is -0.00673. The van der Waals surface area contributed by atoms with Gasteiger partial charge in [0, 0.05) is 12.0 Å². The van der Waals surface area contributed by atoms with Gasteiger partial charge in [0.05, 0.1) is 28.5 Å². The number of carboxylic acid groups (broad SMARTS) is 1. The molecule has 0 spiro atoms. The van der Waals surface area contributed by atoms with E-state index in [0.717, 1.165) is 4.57 Å². The number of nitrogens with one attached hydrogen (secondary N) is 1. The van der Waals surface area contributed by atoms with Crippen LogP contribution in [0.5, 0.6) is 0 Å². The van der Waals surface area contributed by atoms with Crippen molar-refractivity contribution in [3.05, 3.63) is 70.8 Å². The third-order valence-electron chi connectivity index (χ3n) is 6.41. The predicted molar refractivity (Wildman–Crippen MR) is 116 cm³/mol. The van der Waals surface area contributed by atoms with Gasteiger partial charge in [0.2, 0.25) is 5.91 Å². The number of rotatable bonds is 4. The maximum absolute atomic E-state index is 13.1. The minimum atomic E-state index is -1.74. The van der Waals surface area contributed by atoms with Crippen LogP contribution < -0.4 is 15.8 Å². The number of carbonyl (C=O) groups is 2. The summed E-state index contributed by atoms with van der Waals surface area (Å²) in [5.74, 6) is -1.50. The summed E-state index contributed by atoms with van der Waals surface area (Å²) in [4.78, 5) is 44.1. The van der Waals surface area contributed by atoms with Gasteiger partial charge in [-0.05, 0) is 32.0 Å². The van der Waals surface area contributed by atoms with Crippen LogP contribution in [0, 0.1) is 0 Å². The first-order valence-corrected chi connectivity index (χ1v) is 10.3. The second-order valence-electron chi connectivity index (χ2n) is 8.82. The van der Waals surface area contributed by atoms with Crippen molar-refractivity contribution in [3.8, 4) is 0 Å². The van der Waals surface area contributed by atoms with Crippen LogP contribution in [0.3, 0.4) is 0 Å². The van der Waals surface area contributed by atoms with Crippen molar-refractivity contribution in [2.75, 3.05) is 4.90 Å². The van der Waals surface area contributed by atoms with E-state index >= 15 is 0 Å². The molecule has 0 bridgehead atoms. The van der Waals surface area contributed by atoms with E-state index in [2.05, 4.69) is 10.3 Å². The van der Waals surface area contributed by atoms with Gasteiger partial charge < -0.3 is 10.2 Å². The quantitative estimate of drug-likeness (QED) is 0.566. The molecule has 1 saturated heterocycles. The largest absolute Gasteiger partial charge is 0.480 e. The van der Waals surface area contributed by atoms with Gasteiger partial charge in [-0.3, -0.25) is 24.4 Å². The van der Waals surface area contributed by atoms with Crippen LogP contribution in [-0.2, 0) is 15.2 Å². The summed E-state index contributed by atoms with van der Waals surface area (Å²) >= 11 is 0. The van der Waals surface area contributed by atoms with Gasteiger partial charge in [-0.25, -0.2) is 9.78 Å². The molecule has 3 heterocycles. The van der Waals surface area contributed by atoms with Crippen molar-refractivity contribution in [2.45, 2.75) is 43.6 Å². The van der Waals surface area contributed by atoms with Crippen LogP contribution in [-0.4, -0.2) is 43.3 Å². The zero-order valence-corrected chi connectivity index (χ0v) is 17.5. The number of para-hydroxylation sites is 2. The summed E-state index contributed by atoms with van der Waals surface area (Å²) < 4.78 is 1.04. The number of carboxylic acids is 1. The first-order chi connectivity index (χ1) is 15.1. The number of benzene rings is 2. The second-order valence-corrected chi connectivity index (χ2v) is 8.82. The Hall–Kier alpha value is -3.56. The maximum Gasteiger partial charge on any atom is 0.326 e. The molecule has 0 radical (unpaired) electrons. The molecule has 3 aromatic rings. The number of carbonyl (C=O) groups excluding carboxylic acids is 1. The SMILES string of the molecule is CC1(C)N[C@@H]2N(C1=O)c1ccccc1[C@@]2(O)CC(C(=O)O)n1cnc2ccccc2c1=O. The monoisotopic (exact) mass is 434 g/mol. The molecule has 1 amide bonds. The highest BCUT2D eigenvalue weighted by molar-refractivity contribution is 6.05. The van der Waals surface area contributed by atoms with Gasteiger partial charge in [0.25, 0.3) is 5.56 Å². The Morgan fingerprint density at radius 3 is 2.59 bits per heavy atom. The molecular weight excluding hydrogens is 412 g/mol. The minimum Gasteiger partial charge on any atom is -0.480 e. The van der Waals surface area contributed by atoms with Crippen molar-refractivity contribution in [1.29, 1.82) is 0 Å². The summed E-state index contributed by atoms with van der Waals surface area (Å²) in [5.41, 5.74) is -1.77. The number of aromatic nitrogens is 2. The van der Waals surface area contributed by atoms with E-state index in [1.165, 1.54) is 11.2 Å². The van der Waals surface area contributed by atoms with E-state index in [-0.39, 0.29) is 17.7 Å². The molecule has 0 saturated carbocycles. The van der Waals surface area contributed by atoms with Crippen molar-refractivity contribution in [2.24, 2.45) is 0 Å². The van der Waals surface area contributed by atoms with E-state index in [9.17, 15) is 24.6 Å². The molecule has 9 nitrogen and oxygen atoms in total. The van der Waals surface area contributed by atoms with Crippen molar-refractivity contribution < 1.29 is 19.8 Å². The average Bonchev–Trinajstić information content (AvgIpc) is 3.15. The maximum atomic E-state index is 13.1. The van der Waals surface area contributed by atoms with Gasteiger partial charge in [-0.15, -0.1) is 0 Å². The van der Waals surface area contributed by atoms with Crippen molar-refractivity contribution in [1.82, 2.24) is 14.9 Å². The standard InChI is InChI=1S/C23H22N4O5/c1-22(2)21(31)27-16-10-6-4-8-14(16)23(32,20(27)25-22)11-17(19(29)30)26-12-24-15-9-5-3-7-13(15)18(26)28/h3-10,12,17,20,25,32H,11H2,1-2H3,(H,29,30)/t17?,20-,23+/m1/s1. The predicted octanol–water partition coefficient (Wildman–Crippen LogP) is 1.35. The molecule has 0 aliphatic carbocycles. The fourth-order valence-electron chi connectivity index (χ4n) is 4.79. The highest BCUT2D eigenvalue weighted by Gasteiger charge is 2.61. The fourth-order valence-corrected chi connectivity index (χ4v) is 4.79. The molecular formula is C23H22N4O5. The Labute approximate surface area is 182 Å². The lowest BCUT2D eigenvalue weighted by Crippen LogP contribution is -2.52. The Bertz CT molecular complexity index is 1330. The highest BCUT2D eigenvalue weighted by atomic mass is 16.4. The van der Waals surface area contributed by atoms with E-state index in [1.807, 2.05) is 0 Å². The summed E-state index contributed by atoms with van der Waals surface area (Å²) in [5, 5.41) is 25.4. The molecule has 164 valence electrons. The lowest BCUT2D eigenvalue weighted by molar-refractivity contribution is -0.144. The Kier molecular flexibility index (Phi) is 4.27. The number of hydrogen-bond donors (Lipinski definition) is 3. The number of anilines is 1. The Balaban J connectivity index is 1.64. The molecule has 9 heteroatoms. The van der Waals surface area contributed by atoms with Crippen LogP contribution in [0.4, 0.5) is 5.69 Å². The van der Waals surface area contributed by atoms with E-state index in [4.69, 9.17) is 0 Å². The van der Waals surface area contributed by atoms with Crippen LogP contribution in [0.1, 0.15) is 31.9 Å². The Morgan fingerprint density at radius 2 is 1.84 bits per heavy atom. The summed E-state index contributed by atoms with van der Waals surface area (Å²) in [6, 6.07) is 12.2. The first kappa shape index (κ1) is 20.3. The lowest BCUT2D eigenvalue weighted by Gasteiger charge is -2.33. The molecule has 2 aromatic carbocycles. The van der Waals surface area contributed by atoms with Gasteiger partial charge in [-0.2, -0.15) is 0 Å². The number of amides is 1. The zero-order chi connectivity index (χ0) is 22.8. The van der Waals surface area contributed by atoms with Crippen LogP contribution in [0.25, 0.3) is 10.9 Å². The number of aliphatic hydroxyl groups is 1. The van der Waals surface area contributed by atoms with Crippen molar-refractivity contribution in [3.63, 3.8) is 0 Å². The second kappa shape index (κ2) is 6.72. The fraction of sp³-hybridized carbons (Fsp3) is 0.304. The molecule has 2 aliphatic rings. The average molecular weight is 434 g/mol. The molecule has 5 rings (SSSR count). The lowest BCUT2D eigenvalue weighted by atomic mass is 9.86. The van der Waals surface area contributed by atoms with Crippen LogP contribution >= 0.6 is 0 Å². The zero-order valence-electron chi connectivity index (χ0n) is 17.5. The summed E-state index contributed by atoms with van der Waals surface area (Å²) in [6.45, 7) is 3.42. The normalized spacial score (nSPS) is 24.4. The van der Waals surface area contributed by atoms with E-state index < -0.39 is 34.9 Å². The summed E-state index contributed by atoms with van der Waals surface area (Å²) in [7, 11) is 0. The number of aliphatic carboxylic acids is 1. The number of fused-ring (bicyclic) bond motifs is 4. The van der Waals surface area contributed by atoms with Gasteiger partial charge in [-0.1, -0.05) is 30.3 Å². The molecule has 1 aromatic heterocycles. The Morgan fingerprint density at radius 1 is 1.16 bits per heavy atom. The molecule has 3 atom stereocenters. The van der Waals surface area contributed by atoms with E-state index in [1.54, 1.807) is 62.4 Å². The third-order valence-corrected chi connectivity index (χ3v) is 6.41. The van der Waals surface area contributed by atoms with Crippen LogP contribution in [0.15, 0.2) is 59.7 Å². The minimum absolute atomic E-state index is 0.220. The van der Waals surface area contributed by atoms with E-state index in [0.29, 0.717) is 16.8 Å². The topological polar surface area (TPSA) is 125 Å². The van der Waals surface area contributed by atoms with Gasteiger partial charge >= 0.3 is 5.97 Å². The molecule has 1 fully saturated rings. The van der Waals surface area contributed by atoms with Gasteiger partial charge in [0.15, 0.2) is 0 Å². The van der Waals surface area contributed by atoms with Crippen molar-refractivity contribution >= 4 is 28.5 Å². The number of hydrogen-bond acceptors (Lipinski definition) is 6. The molecule has 1 unspecified atom stereocenters. The molecule has 2 aliphatic heterocycles. The van der Waals surface area contributed by atoms with Crippen LogP contribution in [0.2, 0.25) is 0 Å². The first-order valence-electron chi connectivity index (χ1n) is 10.3. The highest BCUT2D eigenvalue weighted by Crippen LogP contribution is 2.50. The number of nitrogens with zero attached hydrogens (tertiary/aromatic N) is 3. The molecule has 32 heavy (non-hydrogen) atoms. The third kappa shape index (κ3) is 2.71. The molecule has 3 N–H and O–H groups in total. The van der Waals surface area contributed by atoms with Gasteiger partial charge in [0.1, 0.15) is 17.8 Å². The smallest absolute Gasteiger partial charge is 0.326 e.